The summed E-state index contributed by atoms with van der Waals surface area (Å²) >= 11 is 15.6. The summed E-state index contributed by atoms with van der Waals surface area (Å²) in [5.74, 6) is 0.840. The highest BCUT2D eigenvalue weighted by Crippen LogP contribution is 2.27. The summed E-state index contributed by atoms with van der Waals surface area (Å²) in [6, 6.07) is 21.5. The zero-order valence-corrected chi connectivity index (χ0v) is 16.4. The Morgan fingerprint density at radius 1 is 0.880 bits per heavy atom. The predicted molar refractivity (Wildman–Crippen MR) is 109 cm³/mol. The number of hydrogen-bond donors (Lipinski definition) is 1. The average Bonchev–Trinajstić information content (AvgIpc) is 2.59. The molecule has 0 saturated heterocycles. The van der Waals surface area contributed by atoms with Crippen LogP contribution in [0.15, 0.2) is 71.2 Å². The number of hydrogen-bond acceptors (Lipinski definition) is 2. The van der Waals surface area contributed by atoms with Gasteiger partial charge < -0.3 is 10.1 Å². The Bertz CT molecular complexity index is 835. The molecule has 0 spiro atoms. The van der Waals surface area contributed by atoms with Gasteiger partial charge in [-0.2, -0.15) is 0 Å². The van der Waals surface area contributed by atoms with Crippen LogP contribution in [0.4, 0.5) is 5.69 Å². The van der Waals surface area contributed by atoms with Crippen molar-refractivity contribution < 1.29 is 4.74 Å². The van der Waals surface area contributed by atoms with Gasteiger partial charge in [0.2, 0.25) is 0 Å². The highest BCUT2D eigenvalue weighted by Gasteiger charge is 2.06. The van der Waals surface area contributed by atoms with Crippen molar-refractivity contribution in [3.05, 3.63) is 92.4 Å². The van der Waals surface area contributed by atoms with Gasteiger partial charge >= 0.3 is 0 Å². The lowest BCUT2D eigenvalue weighted by atomic mass is 10.2. The Labute approximate surface area is 165 Å². The van der Waals surface area contributed by atoms with Gasteiger partial charge in [0.15, 0.2) is 0 Å². The van der Waals surface area contributed by atoms with E-state index in [2.05, 4.69) is 21.2 Å². The molecule has 3 rings (SSSR count). The Hall–Kier alpha value is -1.68. The van der Waals surface area contributed by atoms with E-state index in [9.17, 15) is 0 Å². The van der Waals surface area contributed by atoms with E-state index in [0.29, 0.717) is 23.2 Å². The lowest BCUT2D eigenvalue weighted by molar-refractivity contribution is 0.303. The van der Waals surface area contributed by atoms with E-state index in [1.54, 1.807) is 6.07 Å². The second-order valence-electron chi connectivity index (χ2n) is 5.54. The summed E-state index contributed by atoms with van der Waals surface area (Å²) in [6.45, 7) is 1.12. The van der Waals surface area contributed by atoms with Crippen LogP contribution in [0.2, 0.25) is 10.0 Å². The van der Waals surface area contributed by atoms with Crippen molar-refractivity contribution in [2.75, 3.05) is 5.32 Å². The second-order valence-corrected chi connectivity index (χ2v) is 7.33. The van der Waals surface area contributed by atoms with Gasteiger partial charge in [-0.15, -0.1) is 0 Å². The smallest absolute Gasteiger partial charge is 0.124 e. The normalized spacial score (nSPS) is 10.5. The molecule has 3 aromatic rings. The summed E-state index contributed by atoms with van der Waals surface area (Å²) in [6.07, 6.45) is 0. The first-order valence-electron chi connectivity index (χ1n) is 7.75. The molecule has 0 radical (unpaired) electrons. The fraction of sp³-hybridized carbons (Fsp3) is 0.100. The molecule has 25 heavy (non-hydrogen) atoms. The highest BCUT2D eigenvalue weighted by atomic mass is 79.9. The quantitative estimate of drug-likeness (QED) is 0.451. The molecule has 0 atom stereocenters. The van der Waals surface area contributed by atoms with Crippen LogP contribution >= 0.6 is 39.1 Å². The van der Waals surface area contributed by atoms with E-state index in [-0.39, 0.29) is 0 Å². The van der Waals surface area contributed by atoms with Crippen LogP contribution in [-0.4, -0.2) is 0 Å². The molecule has 128 valence electrons. The van der Waals surface area contributed by atoms with Gasteiger partial charge in [0.05, 0.1) is 0 Å². The SMILES string of the molecule is Clc1cc(Cl)cc(NCc2cc(Br)ccc2OCc2ccccc2)c1. The van der Waals surface area contributed by atoms with Gasteiger partial charge in [-0.1, -0.05) is 69.5 Å². The van der Waals surface area contributed by atoms with Crippen LogP contribution in [0.5, 0.6) is 5.75 Å². The van der Waals surface area contributed by atoms with Gasteiger partial charge in [-0.05, 0) is 42.0 Å². The summed E-state index contributed by atoms with van der Waals surface area (Å²) in [5.41, 5.74) is 3.04. The van der Waals surface area contributed by atoms with Gasteiger partial charge in [0, 0.05) is 32.3 Å². The first kappa shape index (κ1) is 18.1. The summed E-state index contributed by atoms with van der Waals surface area (Å²) in [5, 5.41) is 4.54. The predicted octanol–water partition coefficient (Wildman–Crippen LogP) is 6.95. The number of benzene rings is 3. The Morgan fingerprint density at radius 3 is 2.32 bits per heavy atom. The third-order valence-corrected chi connectivity index (χ3v) is 4.53. The van der Waals surface area contributed by atoms with Crippen molar-refractivity contribution >= 4 is 44.8 Å². The van der Waals surface area contributed by atoms with Crippen LogP contribution in [0.25, 0.3) is 0 Å². The molecule has 0 aliphatic carbocycles. The number of halogens is 3. The van der Waals surface area contributed by atoms with E-state index in [4.69, 9.17) is 27.9 Å². The highest BCUT2D eigenvalue weighted by molar-refractivity contribution is 9.10. The molecule has 0 aliphatic heterocycles. The molecule has 0 heterocycles. The monoisotopic (exact) mass is 435 g/mol. The second kappa shape index (κ2) is 8.61. The minimum absolute atomic E-state index is 0.526. The average molecular weight is 437 g/mol. The number of rotatable bonds is 6. The first-order chi connectivity index (χ1) is 12.1. The van der Waals surface area contributed by atoms with E-state index in [0.717, 1.165) is 27.0 Å². The van der Waals surface area contributed by atoms with Crippen LogP contribution in [-0.2, 0) is 13.2 Å². The summed E-state index contributed by atoms with van der Waals surface area (Å²) in [4.78, 5) is 0. The number of anilines is 1. The Balaban J connectivity index is 1.72. The van der Waals surface area contributed by atoms with Crippen LogP contribution < -0.4 is 10.1 Å². The topological polar surface area (TPSA) is 21.3 Å². The maximum atomic E-state index is 6.05. The van der Waals surface area contributed by atoms with E-state index in [1.165, 1.54) is 0 Å². The zero-order chi connectivity index (χ0) is 17.6. The molecule has 5 heteroatoms. The molecule has 0 amide bonds. The van der Waals surface area contributed by atoms with Crippen molar-refractivity contribution in [3.63, 3.8) is 0 Å². The maximum absolute atomic E-state index is 6.05. The lowest BCUT2D eigenvalue weighted by Crippen LogP contribution is -2.04. The number of nitrogens with one attached hydrogen (secondary N) is 1. The van der Waals surface area contributed by atoms with Crippen molar-refractivity contribution in [2.45, 2.75) is 13.2 Å². The molecular weight excluding hydrogens is 421 g/mol. The molecule has 3 aromatic carbocycles. The fourth-order valence-corrected chi connectivity index (χ4v) is 3.35. The van der Waals surface area contributed by atoms with Gasteiger partial charge in [-0.3, -0.25) is 0 Å². The van der Waals surface area contributed by atoms with Gasteiger partial charge in [-0.25, -0.2) is 0 Å². The standard InChI is InChI=1S/C20H16BrCl2NO/c21-16-6-7-20(25-13-14-4-2-1-3-5-14)15(8-16)12-24-19-10-17(22)9-18(23)11-19/h1-11,24H,12-13H2. The molecular formula is C20H16BrCl2NO. The van der Waals surface area contributed by atoms with Gasteiger partial charge in [0.25, 0.3) is 0 Å². The third-order valence-electron chi connectivity index (χ3n) is 3.61. The molecule has 2 nitrogen and oxygen atoms in total. The fourth-order valence-electron chi connectivity index (χ4n) is 2.42. The van der Waals surface area contributed by atoms with E-state index in [1.807, 2.05) is 60.7 Å². The van der Waals surface area contributed by atoms with E-state index >= 15 is 0 Å². The van der Waals surface area contributed by atoms with Crippen molar-refractivity contribution in [1.82, 2.24) is 0 Å². The minimum atomic E-state index is 0.526. The van der Waals surface area contributed by atoms with Crippen molar-refractivity contribution in [2.24, 2.45) is 0 Å². The largest absolute Gasteiger partial charge is 0.489 e. The van der Waals surface area contributed by atoms with E-state index < -0.39 is 0 Å². The summed E-state index contributed by atoms with van der Waals surface area (Å²) in [7, 11) is 0. The zero-order valence-electron chi connectivity index (χ0n) is 13.3. The van der Waals surface area contributed by atoms with Crippen LogP contribution in [0.1, 0.15) is 11.1 Å². The van der Waals surface area contributed by atoms with Crippen molar-refractivity contribution in [3.8, 4) is 5.75 Å². The van der Waals surface area contributed by atoms with Crippen LogP contribution in [0, 0.1) is 0 Å². The lowest BCUT2D eigenvalue weighted by Gasteiger charge is -2.14. The Morgan fingerprint density at radius 2 is 1.60 bits per heavy atom. The van der Waals surface area contributed by atoms with Crippen LogP contribution in [0.3, 0.4) is 0 Å². The third kappa shape index (κ3) is 5.40. The summed E-state index contributed by atoms with van der Waals surface area (Å²) < 4.78 is 7.00. The molecule has 0 bridgehead atoms. The number of ether oxygens (including phenoxy) is 1. The molecule has 0 unspecified atom stereocenters. The molecule has 0 fully saturated rings. The molecule has 1 N–H and O–H groups in total. The maximum Gasteiger partial charge on any atom is 0.124 e. The molecule has 0 aliphatic rings. The minimum Gasteiger partial charge on any atom is -0.489 e. The van der Waals surface area contributed by atoms with Crippen molar-refractivity contribution in [1.29, 1.82) is 0 Å². The first-order valence-corrected chi connectivity index (χ1v) is 9.30. The molecule has 0 aromatic heterocycles. The van der Waals surface area contributed by atoms with Gasteiger partial charge in [0.1, 0.15) is 12.4 Å². The molecule has 0 saturated carbocycles. The Kier molecular flexibility index (Phi) is 6.24.